The van der Waals surface area contributed by atoms with Crippen molar-refractivity contribution < 1.29 is 27.1 Å². The number of carbonyl (C=O) groups is 1. The standard InChI is InChI=1S/C19H30O6S/c1-18-10-8-15(25-26(22,23)24)17(21)14(18)4-3-11-12-5-6-16(20)19(12,2)9-7-13(11)18/h11-15,17,21H,3-10H2,1-2H3,(H,22,23,24)/t11-,12-,13-,14-,15-,17+,18+,19-/m0/s1. The maximum absolute atomic E-state index is 12.5. The van der Waals surface area contributed by atoms with E-state index in [1.54, 1.807) is 0 Å². The van der Waals surface area contributed by atoms with Crippen molar-refractivity contribution >= 4 is 16.2 Å². The van der Waals surface area contributed by atoms with E-state index in [9.17, 15) is 18.3 Å². The number of fused-ring (bicyclic) bond motifs is 5. The van der Waals surface area contributed by atoms with Gasteiger partial charge in [-0.2, -0.15) is 8.42 Å². The van der Waals surface area contributed by atoms with E-state index in [0.29, 0.717) is 36.4 Å². The molecule has 8 atom stereocenters. The Balaban J connectivity index is 1.58. The van der Waals surface area contributed by atoms with Crippen LogP contribution in [0.3, 0.4) is 0 Å². The van der Waals surface area contributed by atoms with Crippen LogP contribution in [0.1, 0.15) is 65.2 Å². The molecule has 0 amide bonds. The molecule has 0 spiro atoms. The Kier molecular flexibility index (Phi) is 4.35. The summed E-state index contributed by atoms with van der Waals surface area (Å²) in [6, 6.07) is 0. The summed E-state index contributed by atoms with van der Waals surface area (Å²) in [5, 5.41) is 10.8. The predicted octanol–water partition coefficient (Wildman–Crippen LogP) is 2.76. The molecule has 4 rings (SSSR count). The van der Waals surface area contributed by atoms with Crippen molar-refractivity contribution in [2.75, 3.05) is 0 Å². The van der Waals surface area contributed by atoms with Gasteiger partial charge in [0.1, 0.15) is 11.9 Å². The van der Waals surface area contributed by atoms with Crippen molar-refractivity contribution in [1.29, 1.82) is 0 Å². The largest absolute Gasteiger partial charge is 0.397 e. The first-order valence-corrected chi connectivity index (χ1v) is 11.3. The van der Waals surface area contributed by atoms with Crippen LogP contribution in [0.25, 0.3) is 0 Å². The minimum atomic E-state index is -4.56. The van der Waals surface area contributed by atoms with Gasteiger partial charge in [-0.3, -0.25) is 9.35 Å². The van der Waals surface area contributed by atoms with Gasteiger partial charge in [0.25, 0.3) is 0 Å². The number of ketones is 1. The lowest BCUT2D eigenvalue weighted by Crippen LogP contribution is -2.58. The number of Topliss-reactive ketones (excluding diaryl/α,β-unsaturated/α-hetero) is 1. The van der Waals surface area contributed by atoms with Crippen molar-refractivity contribution in [2.45, 2.75) is 77.4 Å². The number of rotatable bonds is 2. The van der Waals surface area contributed by atoms with Crippen molar-refractivity contribution in [3.8, 4) is 0 Å². The first-order valence-electron chi connectivity index (χ1n) is 9.93. The van der Waals surface area contributed by atoms with E-state index in [0.717, 1.165) is 38.5 Å². The van der Waals surface area contributed by atoms with E-state index in [4.69, 9.17) is 8.74 Å². The summed E-state index contributed by atoms with van der Waals surface area (Å²) in [5.74, 6) is 1.85. The lowest BCUT2D eigenvalue weighted by atomic mass is 9.45. The summed E-state index contributed by atoms with van der Waals surface area (Å²) in [4.78, 5) is 12.5. The Morgan fingerprint density at radius 1 is 1.00 bits per heavy atom. The van der Waals surface area contributed by atoms with Gasteiger partial charge >= 0.3 is 10.4 Å². The average molecular weight is 387 g/mol. The highest BCUT2D eigenvalue weighted by Crippen LogP contribution is 2.65. The minimum Gasteiger partial charge on any atom is -0.390 e. The predicted molar refractivity (Wildman–Crippen MR) is 94.5 cm³/mol. The Morgan fingerprint density at radius 2 is 1.73 bits per heavy atom. The molecule has 4 fully saturated rings. The van der Waals surface area contributed by atoms with Crippen molar-refractivity contribution in [3.63, 3.8) is 0 Å². The molecule has 4 aliphatic rings. The molecule has 0 aliphatic heterocycles. The Morgan fingerprint density at radius 3 is 2.42 bits per heavy atom. The molecule has 7 heteroatoms. The molecule has 4 aliphatic carbocycles. The molecule has 26 heavy (non-hydrogen) atoms. The summed E-state index contributed by atoms with van der Waals surface area (Å²) in [5.41, 5.74) is -0.220. The van der Waals surface area contributed by atoms with E-state index in [1.807, 2.05) is 0 Å². The van der Waals surface area contributed by atoms with Crippen LogP contribution in [0.2, 0.25) is 0 Å². The quantitative estimate of drug-likeness (QED) is 0.708. The topological polar surface area (TPSA) is 101 Å². The van der Waals surface area contributed by atoms with Crippen LogP contribution in [0.15, 0.2) is 0 Å². The summed E-state index contributed by atoms with van der Waals surface area (Å²) >= 11 is 0. The molecule has 0 heterocycles. The average Bonchev–Trinajstić information content (AvgIpc) is 2.85. The van der Waals surface area contributed by atoms with Gasteiger partial charge in [-0.25, -0.2) is 4.18 Å². The van der Waals surface area contributed by atoms with Crippen LogP contribution in [-0.4, -0.2) is 36.1 Å². The molecule has 6 nitrogen and oxygen atoms in total. The first kappa shape index (κ1) is 18.8. The van der Waals surface area contributed by atoms with Crippen molar-refractivity contribution in [1.82, 2.24) is 0 Å². The van der Waals surface area contributed by atoms with E-state index < -0.39 is 22.6 Å². The second-order valence-electron chi connectivity index (χ2n) is 9.58. The van der Waals surface area contributed by atoms with Gasteiger partial charge in [-0.05, 0) is 74.0 Å². The molecule has 148 valence electrons. The zero-order valence-corrected chi connectivity index (χ0v) is 16.4. The second kappa shape index (κ2) is 6.00. The van der Waals surface area contributed by atoms with Gasteiger partial charge in [0.05, 0.1) is 6.10 Å². The highest BCUT2D eigenvalue weighted by Gasteiger charge is 2.62. The molecule has 0 aromatic rings. The fourth-order valence-electron chi connectivity index (χ4n) is 7.33. The van der Waals surface area contributed by atoms with Gasteiger partial charge in [0, 0.05) is 11.8 Å². The lowest BCUT2D eigenvalue weighted by molar-refractivity contribution is -0.169. The zero-order valence-electron chi connectivity index (χ0n) is 15.6. The molecule has 0 saturated heterocycles. The smallest absolute Gasteiger partial charge is 0.390 e. The Hall–Kier alpha value is -0.500. The number of hydrogen-bond donors (Lipinski definition) is 2. The van der Waals surface area contributed by atoms with Gasteiger partial charge in [0.2, 0.25) is 0 Å². The van der Waals surface area contributed by atoms with Crippen LogP contribution in [0, 0.1) is 34.5 Å². The monoisotopic (exact) mass is 386 g/mol. The number of hydrogen-bond acceptors (Lipinski definition) is 5. The molecule has 2 N–H and O–H groups in total. The van der Waals surface area contributed by atoms with Gasteiger partial charge in [0.15, 0.2) is 0 Å². The fourth-order valence-corrected chi connectivity index (χ4v) is 7.86. The van der Waals surface area contributed by atoms with Crippen molar-refractivity contribution in [3.05, 3.63) is 0 Å². The summed E-state index contributed by atoms with van der Waals surface area (Å²) in [7, 11) is -4.56. The Bertz CT molecular complexity index is 705. The minimum absolute atomic E-state index is 0.0225. The maximum atomic E-state index is 12.5. The summed E-state index contributed by atoms with van der Waals surface area (Å²) in [6.45, 7) is 4.39. The Labute approximate surface area is 155 Å². The normalized spacial score (nSPS) is 51.5. The molecular formula is C19H30O6S. The first-order chi connectivity index (χ1) is 12.1. The van der Waals surface area contributed by atoms with Crippen LogP contribution >= 0.6 is 0 Å². The highest BCUT2D eigenvalue weighted by atomic mass is 32.3. The maximum Gasteiger partial charge on any atom is 0.397 e. The van der Waals surface area contributed by atoms with Crippen LogP contribution in [0.4, 0.5) is 0 Å². The lowest BCUT2D eigenvalue weighted by Gasteiger charge is -2.61. The summed E-state index contributed by atoms with van der Waals surface area (Å²) < 4.78 is 35.9. The number of aliphatic hydroxyl groups excluding tert-OH is 1. The van der Waals surface area contributed by atoms with Crippen LogP contribution in [-0.2, 0) is 19.4 Å². The number of carbonyl (C=O) groups excluding carboxylic acids is 1. The van der Waals surface area contributed by atoms with E-state index in [2.05, 4.69) is 13.8 Å². The summed E-state index contributed by atoms with van der Waals surface area (Å²) in [6.07, 6.45) is 4.92. The van der Waals surface area contributed by atoms with E-state index in [1.165, 1.54) is 0 Å². The third kappa shape index (κ3) is 2.69. The molecule has 0 aromatic heterocycles. The fraction of sp³-hybridized carbons (Fsp3) is 0.947. The van der Waals surface area contributed by atoms with E-state index >= 15 is 0 Å². The van der Waals surface area contributed by atoms with Crippen molar-refractivity contribution in [2.24, 2.45) is 34.5 Å². The molecule has 0 aromatic carbocycles. The van der Waals surface area contributed by atoms with E-state index in [-0.39, 0.29) is 16.7 Å². The molecular weight excluding hydrogens is 356 g/mol. The molecule has 0 radical (unpaired) electrons. The molecule has 4 saturated carbocycles. The third-order valence-corrected chi connectivity index (χ3v) is 9.15. The van der Waals surface area contributed by atoms with Gasteiger partial charge < -0.3 is 5.11 Å². The van der Waals surface area contributed by atoms with Gasteiger partial charge in [-0.1, -0.05) is 13.8 Å². The number of aliphatic hydroxyl groups is 1. The zero-order chi connectivity index (χ0) is 18.9. The van der Waals surface area contributed by atoms with Crippen LogP contribution < -0.4 is 0 Å². The second-order valence-corrected chi connectivity index (χ2v) is 10.6. The molecule has 0 bridgehead atoms. The SMILES string of the molecule is C[C@]12CC[C@H](OS(=O)(=O)O)[C@H](O)[C@@H]1CC[C@@H]1[C@@H]2CC[C@]2(C)C(=O)CC[C@@H]12. The third-order valence-electron chi connectivity index (χ3n) is 8.66. The van der Waals surface area contributed by atoms with Crippen LogP contribution in [0.5, 0.6) is 0 Å². The molecule has 0 unspecified atom stereocenters. The highest BCUT2D eigenvalue weighted by molar-refractivity contribution is 7.80. The van der Waals surface area contributed by atoms with Gasteiger partial charge in [-0.15, -0.1) is 0 Å².